The summed E-state index contributed by atoms with van der Waals surface area (Å²) in [6.07, 6.45) is 5.49. The highest BCUT2D eigenvalue weighted by Crippen LogP contribution is 2.28. The number of nitrogens with zero attached hydrogens (tertiary/aromatic N) is 2. The Morgan fingerprint density at radius 3 is 1.11 bits per heavy atom. The molecule has 0 aliphatic carbocycles. The molecule has 0 spiro atoms. The van der Waals surface area contributed by atoms with Crippen LogP contribution in [0.1, 0.15) is 82.1 Å². The number of hydrogen-bond donors (Lipinski definition) is 0. The van der Waals surface area contributed by atoms with Gasteiger partial charge in [-0.1, -0.05) is 39.8 Å². The van der Waals surface area contributed by atoms with Gasteiger partial charge in [0.1, 0.15) is 0 Å². The number of carbonyl (C=O) groups is 2. The highest BCUT2D eigenvalue weighted by Gasteiger charge is 2.40. The molecule has 0 aliphatic rings. The van der Waals surface area contributed by atoms with Gasteiger partial charge in [-0.05, 0) is 68.5 Å². The third-order valence-corrected chi connectivity index (χ3v) is 6.41. The summed E-state index contributed by atoms with van der Waals surface area (Å²) in [5, 5.41) is 0. The second-order valence-electron chi connectivity index (χ2n) is 9.87. The van der Waals surface area contributed by atoms with Gasteiger partial charge < -0.3 is 0 Å². The molecule has 0 aromatic heterocycles. The Morgan fingerprint density at radius 1 is 0.679 bits per heavy atom. The van der Waals surface area contributed by atoms with Crippen molar-refractivity contribution in [3.05, 3.63) is 12.2 Å². The molecule has 0 aromatic carbocycles. The second kappa shape index (κ2) is 10.7. The molecule has 164 valence electrons. The number of Topliss-reactive ketones (excluding diaryl/α,β-unsaturated/α-hetero) is 2. The molecule has 0 aromatic rings. The van der Waals surface area contributed by atoms with E-state index in [-0.39, 0.29) is 35.5 Å². The molecule has 0 saturated carbocycles. The van der Waals surface area contributed by atoms with Gasteiger partial charge in [0.05, 0.1) is 11.1 Å². The second-order valence-corrected chi connectivity index (χ2v) is 9.87. The number of hydrogen-bond acceptors (Lipinski definition) is 4. The first kappa shape index (κ1) is 27.0. The Kier molecular flexibility index (Phi) is 10.3. The fourth-order valence-electron chi connectivity index (χ4n) is 3.85. The van der Waals surface area contributed by atoms with Gasteiger partial charge in [-0.2, -0.15) is 0 Å². The molecule has 0 fully saturated rings. The first-order chi connectivity index (χ1) is 12.6. The van der Waals surface area contributed by atoms with Crippen LogP contribution in [-0.4, -0.2) is 58.6 Å². The van der Waals surface area contributed by atoms with Crippen LogP contribution < -0.4 is 0 Å². The average molecular weight is 395 g/mol. The number of ketones is 2. The monoisotopic (exact) mass is 394 g/mol. The normalized spacial score (nSPS) is 17.4. The molecular weight excluding hydrogens is 348 g/mol. The zero-order valence-corrected chi connectivity index (χ0v) is 20.6. The highest BCUT2D eigenvalue weighted by atomic mass is 16.1. The summed E-state index contributed by atoms with van der Waals surface area (Å²) in [7, 11) is 4.05. The Labute approximate surface area is 174 Å². The van der Waals surface area contributed by atoms with Crippen LogP contribution in [0.15, 0.2) is 12.2 Å². The molecule has 0 radical (unpaired) electrons. The number of rotatable bonds is 12. The Balaban J connectivity index is 5.61. The van der Waals surface area contributed by atoms with Crippen LogP contribution in [0.2, 0.25) is 0 Å². The Bertz CT molecular complexity index is 503. The van der Waals surface area contributed by atoms with E-state index < -0.39 is 11.1 Å². The fraction of sp³-hybridized carbons (Fsp3) is 0.833. The van der Waals surface area contributed by atoms with E-state index in [2.05, 4.69) is 49.6 Å². The Morgan fingerprint density at radius 2 is 0.929 bits per heavy atom. The lowest BCUT2D eigenvalue weighted by Gasteiger charge is -2.41. The van der Waals surface area contributed by atoms with Crippen LogP contribution in [0.25, 0.3) is 0 Å². The van der Waals surface area contributed by atoms with Crippen molar-refractivity contribution < 1.29 is 9.59 Å². The minimum absolute atomic E-state index is 0.0144. The van der Waals surface area contributed by atoms with E-state index in [4.69, 9.17) is 0 Å². The molecule has 0 saturated heterocycles. The van der Waals surface area contributed by atoms with E-state index in [1.54, 1.807) is 0 Å². The SMILES string of the molecule is CC(C)C(=O)C(C)(CC=CCC(C)(C(=O)C(C)C)N(C)C(C)C)N(C)C(C)C. The fourth-order valence-corrected chi connectivity index (χ4v) is 3.85. The van der Waals surface area contributed by atoms with E-state index in [0.717, 1.165) is 0 Å². The van der Waals surface area contributed by atoms with E-state index >= 15 is 0 Å². The minimum atomic E-state index is -0.540. The lowest BCUT2D eigenvalue weighted by molar-refractivity contribution is -0.134. The van der Waals surface area contributed by atoms with Gasteiger partial charge in [-0.15, -0.1) is 0 Å². The molecule has 0 N–H and O–H groups in total. The minimum Gasteiger partial charge on any atom is -0.297 e. The first-order valence-electron chi connectivity index (χ1n) is 10.8. The molecule has 0 aliphatic heterocycles. The molecule has 2 unspecified atom stereocenters. The summed E-state index contributed by atoms with van der Waals surface area (Å²) in [6.45, 7) is 20.4. The van der Waals surface area contributed by atoms with Gasteiger partial charge in [0.2, 0.25) is 0 Å². The maximum Gasteiger partial charge on any atom is 0.155 e. The molecule has 0 bridgehead atoms. The standard InChI is InChI=1S/C24H46N2O2/c1-17(2)21(27)23(9,25(11)19(5)6)15-13-14-16-24(10,22(28)18(3)4)26(12)20(7)8/h13-14,17-20H,15-16H2,1-12H3. The topological polar surface area (TPSA) is 40.6 Å². The maximum absolute atomic E-state index is 13.0. The van der Waals surface area contributed by atoms with Crippen molar-refractivity contribution in [2.75, 3.05) is 14.1 Å². The lowest BCUT2D eigenvalue weighted by atomic mass is 9.82. The van der Waals surface area contributed by atoms with Gasteiger partial charge in [0.25, 0.3) is 0 Å². The van der Waals surface area contributed by atoms with E-state index in [1.165, 1.54) is 0 Å². The maximum atomic E-state index is 13.0. The third-order valence-electron chi connectivity index (χ3n) is 6.41. The van der Waals surface area contributed by atoms with Crippen molar-refractivity contribution in [2.24, 2.45) is 11.8 Å². The zero-order chi connectivity index (χ0) is 22.4. The van der Waals surface area contributed by atoms with Crippen LogP contribution in [0, 0.1) is 11.8 Å². The van der Waals surface area contributed by atoms with Crippen LogP contribution in [0.3, 0.4) is 0 Å². The van der Waals surface area contributed by atoms with E-state index in [9.17, 15) is 9.59 Å². The molecule has 4 heteroatoms. The molecule has 2 atom stereocenters. The number of carbonyl (C=O) groups excluding carboxylic acids is 2. The molecule has 0 rings (SSSR count). The van der Waals surface area contributed by atoms with Crippen LogP contribution in [0.4, 0.5) is 0 Å². The summed E-state index contributed by atoms with van der Waals surface area (Å²) in [4.78, 5) is 30.2. The highest BCUT2D eigenvalue weighted by molar-refractivity contribution is 5.90. The summed E-state index contributed by atoms with van der Waals surface area (Å²) < 4.78 is 0. The smallest absolute Gasteiger partial charge is 0.155 e. The van der Waals surface area contributed by atoms with Gasteiger partial charge in [-0.3, -0.25) is 19.4 Å². The van der Waals surface area contributed by atoms with E-state index in [0.29, 0.717) is 12.8 Å². The van der Waals surface area contributed by atoms with Crippen molar-refractivity contribution in [1.82, 2.24) is 9.80 Å². The summed E-state index contributed by atoms with van der Waals surface area (Å²) in [5.74, 6) is 0.487. The predicted octanol–water partition coefficient (Wildman–Crippen LogP) is 4.97. The van der Waals surface area contributed by atoms with Crippen LogP contribution in [0.5, 0.6) is 0 Å². The first-order valence-corrected chi connectivity index (χ1v) is 10.8. The largest absolute Gasteiger partial charge is 0.297 e. The van der Waals surface area contributed by atoms with Gasteiger partial charge in [0, 0.05) is 23.9 Å². The van der Waals surface area contributed by atoms with Crippen molar-refractivity contribution in [1.29, 1.82) is 0 Å². The van der Waals surface area contributed by atoms with Crippen molar-refractivity contribution in [3.63, 3.8) is 0 Å². The van der Waals surface area contributed by atoms with Gasteiger partial charge >= 0.3 is 0 Å². The summed E-state index contributed by atoms with van der Waals surface area (Å²) >= 11 is 0. The molecule has 0 amide bonds. The molecular formula is C24H46N2O2. The number of likely N-dealkylation sites (N-methyl/N-ethyl adjacent to an activating group) is 2. The molecule has 28 heavy (non-hydrogen) atoms. The van der Waals surface area contributed by atoms with Gasteiger partial charge in [0.15, 0.2) is 11.6 Å². The zero-order valence-electron chi connectivity index (χ0n) is 20.6. The van der Waals surface area contributed by atoms with Crippen molar-refractivity contribution in [2.45, 2.75) is 105 Å². The quantitative estimate of drug-likeness (QED) is 0.438. The third kappa shape index (κ3) is 6.25. The summed E-state index contributed by atoms with van der Waals surface area (Å²) in [6, 6.07) is 0.557. The average Bonchev–Trinajstić information content (AvgIpc) is 2.61. The van der Waals surface area contributed by atoms with E-state index in [1.807, 2.05) is 55.6 Å². The van der Waals surface area contributed by atoms with Crippen molar-refractivity contribution in [3.8, 4) is 0 Å². The van der Waals surface area contributed by atoms with Crippen LogP contribution >= 0.6 is 0 Å². The molecule has 0 heterocycles. The van der Waals surface area contributed by atoms with Crippen LogP contribution in [-0.2, 0) is 9.59 Å². The van der Waals surface area contributed by atoms with Crippen molar-refractivity contribution >= 4 is 11.6 Å². The lowest BCUT2D eigenvalue weighted by Crippen LogP contribution is -2.55. The summed E-state index contributed by atoms with van der Waals surface area (Å²) in [5.41, 5.74) is -1.08. The predicted molar refractivity (Wildman–Crippen MR) is 121 cm³/mol. The molecule has 4 nitrogen and oxygen atoms in total. The Hall–Kier alpha value is -1.00. The van der Waals surface area contributed by atoms with Gasteiger partial charge in [-0.25, -0.2) is 0 Å².